The van der Waals surface area contributed by atoms with E-state index in [0.29, 0.717) is 5.69 Å². The highest BCUT2D eigenvalue weighted by molar-refractivity contribution is 6.31. The fourth-order valence-electron chi connectivity index (χ4n) is 1.58. The first kappa shape index (κ1) is 15.9. The van der Waals surface area contributed by atoms with Gasteiger partial charge in [0.25, 0.3) is 5.91 Å². The lowest BCUT2D eigenvalue weighted by molar-refractivity contribution is -0.123. The number of benzene rings is 1. The topological polar surface area (TPSA) is 68.3 Å². The summed E-state index contributed by atoms with van der Waals surface area (Å²) in [6.07, 6.45) is 1.83. The minimum absolute atomic E-state index is 0.113. The molecule has 2 rings (SSSR count). The standard InChI is InChI=1S/C15H12ClFN2O3/c1-9(22-15(21)10-3-2-6-18-8-10)14(20)19-11-4-5-13(17)12(16)7-11/h2-9H,1H3,(H,19,20). The molecule has 0 bridgehead atoms. The van der Waals surface area contributed by atoms with Gasteiger partial charge in [-0.3, -0.25) is 9.78 Å². The Morgan fingerprint density at radius 3 is 2.77 bits per heavy atom. The van der Waals surface area contributed by atoms with E-state index >= 15 is 0 Å². The molecule has 0 saturated carbocycles. The Labute approximate surface area is 131 Å². The van der Waals surface area contributed by atoms with E-state index in [1.165, 1.54) is 37.5 Å². The molecule has 0 aliphatic heterocycles. The van der Waals surface area contributed by atoms with Crippen molar-refractivity contribution >= 4 is 29.2 Å². The van der Waals surface area contributed by atoms with Gasteiger partial charge in [0.05, 0.1) is 10.6 Å². The van der Waals surface area contributed by atoms with Crippen LogP contribution in [0.15, 0.2) is 42.7 Å². The van der Waals surface area contributed by atoms with Gasteiger partial charge in [-0.2, -0.15) is 0 Å². The largest absolute Gasteiger partial charge is 0.449 e. The van der Waals surface area contributed by atoms with Crippen molar-refractivity contribution in [2.45, 2.75) is 13.0 Å². The highest BCUT2D eigenvalue weighted by Crippen LogP contribution is 2.19. The maximum atomic E-state index is 13.0. The van der Waals surface area contributed by atoms with Crippen LogP contribution in [0.25, 0.3) is 0 Å². The average Bonchev–Trinajstić information content (AvgIpc) is 2.51. The second-order valence-corrected chi connectivity index (χ2v) is 4.81. The van der Waals surface area contributed by atoms with Gasteiger partial charge in [-0.05, 0) is 37.3 Å². The molecule has 0 spiro atoms. The van der Waals surface area contributed by atoms with Crippen LogP contribution in [0, 0.1) is 5.82 Å². The summed E-state index contributed by atoms with van der Waals surface area (Å²) >= 11 is 5.62. The van der Waals surface area contributed by atoms with Crippen molar-refractivity contribution < 1.29 is 18.7 Å². The number of hydrogen-bond acceptors (Lipinski definition) is 4. The van der Waals surface area contributed by atoms with E-state index < -0.39 is 23.8 Å². The number of halogens is 2. The predicted octanol–water partition coefficient (Wildman–Crippen LogP) is 3.06. The maximum absolute atomic E-state index is 13.0. The van der Waals surface area contributed by atoms with Gasteiger partial charge in [0.1, 0.15) is 5.82 Å². The summed E-state index contributed by atoms with van der Waals surface area (Å²) in [6.45, 7) is 1.43. The molecule has 5 nitrogen and oxygen atoms in total. The third-order valence-electron chi connectivity index (χ3n) is 2.74. The van der Waals surface area contributed by atoms with Gasteiger partial charge in [-0.1, -0.05) is 11.6 Å². The normalized spacial score (nSPS) is 11.6. The molecule has 1 aromatic heterocycles. The number of hydrogen-bond donors (Lipinski definition) is 1. The lowest BCUT2D eigenvalue weighted by Gasteiger charge is -2.13. The van der Waals surface area contributed by atoms with E-state index in [2.05, 4.69) is 10.3 Å². The number of carbonyl (C=O) groups is 2. The fourth-order valence-corrected chi connectivity index (χ4v) is 1.76. The molecule has 0 fully saturated rings. The van der Waals surface area contributed by atoms with Gasteiger partial charge in [-0.25, -0.2) is 9.18 Å². The summed E-state index contributed by atoms with van der Waals surface area (Å²) in [5.41, 5.74) is 0.549. The number of amides is 1. The molecule has 0 saturated heterocycles. The third-order valence-corrected chi connectivity index (χ3v) is 3.03. The minimum Gasteiger partial charge on any atom is -0.449 e. The molecular formula is C15H12ClFN2O3. The number of nitrogens with zero attached hydrogens (tertiary/aromatic N) is 1. The second kappa shape index (κ2) is 7.00. The summed E-state index contributed by atoms with van der Waals surface area (Å²) in [4.78, 5) is 27.5. The van der Waals surface area contributed by atoms with E-state index in [1.807, 2.05) is 0 Å². The first-order valence-corrected chi connectivity index (χ1v) is 6.72. The van der Waals surface area contributed by atoms with Gasteiger partial charge < -0.3 is 10.1 Å². The van der Waals surface area contributed by atoms with Gasteiger partial charge in [0.2, 0.25) is 0 Å². The van der Waals surface area contributed by atoms with Crippen LogP contribution in [0.3, 0.4) is 0 Å². The van der Waals surface area contributed by atoms with E-state index in [9.17, 15) is 14.0 Å². The van der Waals surface area contributed by atoms with Crippen molar-refractivity contribution in [3.63, 3.8) is 0 Å². The molecule has 1 atom stereocenters. The number of ether oxygens (including phenoxy) is 1. The molecule has 114 valence electrons. The fraction of sp³-hybridized carbons (Fsp3) is 0.133. The number of anilines is 1. The Morgan fingerprint density at radius 2 is 2.14 bits per heavy atom. The molecule has 0 aliphatic rings. The highest BCUT2D eigenvalue weighted by atomic mass is 35.5. The van der Waals surface area contributed by atoms with Crippen LogP contribution in [-0.2, 0) is 9.53 Å². The molecule has 1 N–H and O–H groups in total. The zero-order valence-electron chi connectivity index (χ0n) is 11.5. The number of esters is 1. The van der Waals surface area contributed by atoms with Gasteiger partial charge >= 0.3 is 5.97 Å². The van der Waals surface area contributed by atoms with Crippen LogP contribution >= 0.6 is 11.6 Å². The lowest BCUT2D eigenvalue weighted by atomic mass is 10.2. The summed E-state index contributed by atoms with van der Waals surface area (Å²) in [7, 11) is 0. The zero-order valence-corrected chi connectivity index (χ0v) is 12.3. The molecule has 1 heterocycles. The van der Waals surface area contributed by atoms with Crippen LogP contribution in [0.5, 0.6) is 0 Å². The number of pyridine rings is 1. The van der Waals surface area contributed by atoms with Gasteiger partial charge in [0, 0.05) is 18.1 Å². The summed E-state index contributed by atoms with van der Waals surface area (Å²) < 4.78 is 18.1. The quantitative estimate of drug-likeness (QED) is 0.878. The molecule has 0 aliphatic carbocycles. The number of rotatable bonds is 4. The highest BCUT2D eigenvalue weighted by Gasteiger charge is 2.19. The van der Waals surface area contributed by atoms with Crippen LogP contribution in [0.4, 0.5) is 10.1 Å². The lowest BCUT2D eigenvalue weighted by Crippen LogP contribution is -2.30. The Hall–Kier alpha value is -2.47. The van der Waals surface area contributed by atoms with E-state index in [-0.39, 0.29) is 10.6 Å². The first-order chi connectivity index (χ1) is 10.5. The van der Waals surface area contributed by atoms with Crippen molar-refractivity contribution in [2.75, 3.05) is 5.32 Å². The Bertz CT molecular complexity index is 694. The minimum atomic E-state index is -1.03. The Morgan fingerprint density at radius 1 is 1.36 bits per heavy atom. The van der Waals surface area contributed by atoms with Crippen LogP contribution in [0.2, 0.25) is 5.02 Å². The molecule has 1 unspecified atom stereocenters. The molecule has 0 radical (unpaired) electrons. The summed E-state index contributed by atoms with van der Waals surface area (Å²) in [6, 6.07) is 6.87. The Kier molecular flexibility index (Phi) is 5.06. The number of aromatic nitrogens is 1. The summed E-state index contributed by atoms with van der Waals surface area (Å²) in [5.74, 6) is -1.80. The summed E-state index contributed by atoms with van der Waals surface area (Å²) in [5, 5.41) is 2.37. The van der Waals surface area contributed by atoms with Gasteiger partial charge in [-0.15, -0.1) is 0 Å². The van der Waals surface area contributed by atoms with Crippen molar-refractivity contribution in [3.05, 3.63) is 59.1 Å². The average molecular weight is 323 g/mol. The van der Waals surface area contributed by atoms with Crippen molar-refractivity contribution in [3.8, 4) is 0 Å². The monoisotopic (exact) mass is 322 g/mol. The van der Waals surface area contributed by atoms with Crippen LogP contribution < -0.4 is 5.32 Å². The van der Waals surface area contributed by atoms with E-state index in [1.54, 1.807) is 6.07 Å². The second-order valence-electron chi connectivity index (χ2n) is 4.41. The molecule has 1 amide bonds. The maximum Gasteiger partial charge on any atom is 0.340 e. The van der Waals surface area contributed by atoms with E-state index in [0.717, 1.165) is 6.07 Å². The molecule has 2 aromatic rings. The molecule has 1 aromatic carbocycles. The molecular weight excluding hydrogens is 311 g/mol. The van der Waals surface area contributed by atoms with Crippen LogP contribution in [0.1, 0.15) is 17.3 Å². The van der Waals surface area contributed by atoms with Crippen LogP contribution in [-0.4, -0.2) is 23.0 Å². The predicted molar refractivity (Wildman–Crippen MR) is 79.2 cm³/mol. The third kappa shape index (κ3) is 4.02. The number of nitrogens with one attached hydrogen (secondary N) is 1. The van der Waals surface area contributed by atoms with E-state index in [4.69, 9.17) is 16.3 Å². The van der Waals surface area contributed by atoms with Crippen molar-refractivity contribution in [2.24, 2.45) is 0 Å². The van der Waals surface area contributed by atoms with Crippen molar-refractivity contribution in [1.82, 2.24) is 4.98 Å². The number of carbonyl (C=O) groups excluding carboxylic acids is 2. The van der Waals surface area contributed by atoms with Crippen molar-refractivity contribution in [1.29, 1.82) is 0 Å². The van der Waals surface area contributed by atoms with Gasteiger partial charge in [0.15, 0.2) is 6.10 Å². The zero-order chi connectivity index (χ0) is 16.1. The Balaban J connectivity index is 1.97. The smallest absolute Gasteiger partial charge is 0.340 e. The SMILES string of the molecule is CC(OC(=O)c1cccnc1)C(=O)Nc1ccc(F)c(Cl)c1. The molecule has 22 heavy (non-hydrogen) atoms. The molecule has 7 heteroatoms. The first-order valence-electron chi connectivity index (χ1n) is 6.34.